The van der Waals surface area contributed by atoms with Crippen LogP contribution in [0.2, 0.25) is 0 Å². The molecule has 2 atom stereocenters. The van der Waals surface area contributed by atoms with Gasteiger partial charge in [-0.25, -0.2) is 4.79 Å². The summed E-state index contributed by atoms with van der Waals surface area (Å²) in [6.45, 7) is 1.73. The number of likely N-dealkylation sites (N-methyl/N-ethyl adjacent to an activating group) is 1. The van der Waals surface area contributed by atoms with Crippen LogP contribution in [0.15, 0.2) is 24.3 Å². The first-order valence-electron chi connectivity index (χ1n) is 9.08. The first-order chi connectivity index (χ1) is 11.2. The predicted molar refractivity (Wildman–Crippen MR) is 92.8 cm³/mol. The smallest absolute Gasteiger partial charge is 0.321 e. The summed E-state index contributed by atoms with van der Waals surface area (Å²) in [6.07, 6.45) is 7.60. The minimum Gasteiger partial charge on any atom is -0.323 e. The average molecular weight is 313 g/mol. The van der Waals surface area contributed by atoms with Gasteiger partial charge in [-0.15, -0.1) is 0 Å². The van der Waals surface area contributed by atoms with Crippen molar-refractivity contribution in [2.24, 2.45) is 0 Å². The van der Waals surface area contributed by atoms with Crippen LogP contribution in [-0.4, -0.2) is 48.1 Å². The molecule has 2 bridgehead atoms. The van der Waals surface area contributed by atoms with Gasteiger partial charge in [-0.05, 0) is 62.8 Å². The Hall–Kier alpha value is -1.55. The zero-order valence-electron chi connectivity index (χ0n) is 14.0. The van der Waals surface area contributed by atoms with Crippen LogP contribution in [0.3, 0.4) is 0 Å². The molecule has 2 aliphatic heterocycles. The molecule has 0 unspecified atom stereocenters. The summed E-state index contributed by atoms with van der Waals surface area (Å²) in [5.74, 6) is 0.747. The molecule has 4 nitrogen and oxygen atoms in total. The van der Waals surface area contributed by atoms with Gasteiger partial charge in [0.25, 0.3) is 0 Å². The van der Waals surface area contributed by atoms with Crippen LogP contribution in [-0.2, 0) is 0 Å². The summed E-state index contributed by atoms with van der Waals surface area (Å²) >= 11 is 0. The molecule has 4 heteroatoms. The van der Waals surface area contributed by atoms with E-state index in [-0.39, 0.29) is 6.03 Å². The number of benzene rings is 1. The van der Waals surface area contributed by atoms with E-state index >= 15 is 0 Å². The van der Waals surface area contributed by atoms with Gasteiger partial charge in [0.15, 0.2) is 0 Å². The van der Waals surface area contributed by atoms with Gasteiger partial charge in [0.1, 0.15) is 0 Å². The van der Waals surface area contributed by atoms with E-state index in [4.69, 9.17) is 0 Å². The zero-order valence-corrected chi connectivity index (χ0v) is 14.0. The number of hydrogen-bond acceptors (Lipinski definition) is 2. The van der Waals surface area contributed by atoms with Gasteiger partial charge in [0.2, 0.25) is 0 Å². The molecule has 0 aromatic heterocycles. The Bertz CT molecular complexity index is 566. The van der Waals surface area contributed by atoms with Gasteiger partial charge in [0.05, 0.1) is 0 Å². The van der Waals surface area contributed by atoms with Gasteiger partial charge in [-0.3, -0.25) is 4.90 Å². The molecule has 1 aromatic carbocycles. The maximum Gasteiger partial charge on any atom is 0.321 e. The van der Waals surface area contributed by atoms with Crippen LogP contribution in [0.25, 0.3) is 0 Å². The minimum atomic E-state index is 0.0577. The Balaban J connectivity index is 1.37. The molecule has 3 aliphatic rings. The number of carbonyl (C=O) groups is 1. The van der Waals surface area contributed by atoms with Crippen LogP contribution >= 0.6 is 0 Å². The zero-order chi connectivity index (χ0) is 15.8. The number of likely N-dealkylation sites (tertiary alicyclic amines) is 1. The maximum absolute atomic E-state index is 12.6. The number of urea groups is 1. The highest BCUT2D eigenvalue weighted by atomic mass is 16.2. The standard InChI is InChI=1S/C19H27N3O/c1-21-17-9-10-18(21)13-22(12-11-17)19(23)20-16-7-5-15(6-8-16)14-3-2-4-14/h5-8,14,17-18H,2-4,9-13H2,1H3,(H,20,23)/t17-,18-/m0/s1. The van der Waals surface area contributed by atoms with Crippen LogP contribution in [0.5, 0.6) is 0 Å². The van der Waals surface area contributed by atoms with Crippen molar-refractivity contribution in [3.8, 4) is 0 Å². The Morgan fingerprint density at radius 3 is 2.48 bits per heavy atom. The minimum absolute atomic E-state index is 0.0577. The van der Waals surface area contributed by atoms with Crippen molar-refractivity contribution in [2.75, 3.05) is 25.5 Å². The monoisotopic (exact) mass is 313 g/mol. The number of amides is 2. The van der Waals surface area contributed by atoms with E-state index in [9.17, 15) is 4.79 Å². The first-order valence-corrected chi connectivity index (χ1v) is 9.08. The second kappa shape index (κ2) is 6.16. The number of rotatable bonds is 2. The van der Waals surface area contributed by atoms with Crippen molar-refractivity contribution in [1.29, 1.82) is 0 Å². The lowest BCUT2D eigenvalue weighted by Crippen LogP contribution is -2.41. The Labute approximate surface area is 138 Å². The van der Waals surface area contributed by atoms with E-state index in [0.29, 0.717) is 12.1 Å². The number of anilines is 1. The molecule has 1 N–H and O–H groups in total. The fraction of sp³-hybridized carbons (Fsp3) is 0.632. The Morgan fingerprint density at radius 2 is 1.78 bits per heavy atom. The molecule has 0 radical (unpaired) electrons. The van der Waals surface area contributed by atoms with E-state index in [2.05, 4.69) is 41.5 Å². The quantitative estimate of drug-likeness (QED) is 0.904. The predicted octanol–water partition coefficient (Wildman–Crippen LogP) is 3.65. The fourth-order valence-electron chi connectivity index (χ4n) is 4.28. The summed E-state index contributed by atoms with van der Waals surface area (Å²) in [5, 5.41) is 3.08. The maximum atomic E-state index is 12.6. The van der Waals surface area contributed by atoms with Crippen molar-refractivity contribution in [1.82, 2.24) is 9.80 Å². The molecule has 3 fully saturated rings. The van der Waals surface area contributed by atoms with Gasteiger partial charge < -0.3 is 10.2 Å². The summed E-state index contributed by atoms with van der Waals surface area (Å²) in [7, 11) is 2.21. The van der Waals surface area contributed by atoms with Crippen LogP contribution < -0.4 is 5.32 Å². The number of nitrogens with zero attached hydrogens (tertiary/aromatic N) is 2. The molecule has 23 heavy (non-hydrogen) atoms. The molecule has 1 aromatic rings. The molecular weight excluding hydrogens is 286 g/mol. The molecule has 2 heterocycles. The van der Waals surface area contributed by atoms with Gasteiger partial charge in [-0.1, -0.05) is 18.6 Å². The number of fused-ring (bicyclic) bond motifs is 2. The number of nitrogens with one attached hydrogen (secondary N) is 1. The van der Waals surface area contributed by atoms with Crippen LogP contribution in [0, 0.1) is 0 Å². The van der Waals surface area contributed by atoms with Gasteiger partial charge in [0, 0.05) is 30.9 Å². The molecule has 0 spiro atoms. The molecule has 124 valence electrons. The number of hydrogen-bond donors (Lipinski definition) is 1. The van der Waals surface area contributed by atoms with E-state index < -0.39 is 0 Å². The summed E-state index contributed by atoms with van der Waals surface area (Å²) < 4.78 is 0. The topological polar surface area (TPSA) is 35.6 Å². The molecular formula is C19H27N3O. The molecule has 2 saturated heterocycles. The summed E-state index contributed by atoms with van der Waals surface area (Å²) in [5.41, 5.74) is 2.34. The van der Waals surface area contributed by atoms with E-state index in [1.54, 1.807) is 0 Å². The third-order valence-corrected chi connectivity index (χ3v) is 6.17. The van der Waals surface area contributed by atoms with Crippen molar-refractivity contribution >= 4 is 11.7 Å². The third kappa shape index (κ3) is 2.97. The summed E-state index contributed by atoms with van der Waals surface area (Å²) in [6, 6.07) is 9.73. The van der Waals surface area contributed by atoms with Crippen LogP contribution in [0.4, 0.5) is 10.5 Å². The SMILES string of the molecule is CN1[C@H]2CC[C@H]1CN(C(=O)Nc1ccc(C3CCC3)cc1)CC2. The van der Waals surface area contributed by atoms with Crippen molar-refractivity contribution in [2.45, 2.75) is 56.5 Å². The lowest BCUT2D eigenvalue weighted by Gasteiger charge is -2.27. The highest BCUT2D eigenvalue weighted by Gasteiger charge is 2.35. The highest BCUT2D eigenvalue weighted by molar-refractivity contribution is 5.89. The second-order valence-corrected chi connectivity index (χ2v) is 7.47. The van der Waals surface area contributed by atoms with Gasteiger partial charge >= 0.3 is 6.03 Å². The molecule has 1 aliphatic carbocycles. The lowest BCUT2D eigenvalue weighted by molar-refractivity contribution is 0.200. The van der Waals surface area contributed by atoms with E-state index in [0.717, 1.165) is 31.1 Å². The first kappa shape index (κ1) is 15.0. The van der Waals surface area contributed by atoms with Crippen molar-refractivity contribution < 1.29 is 4.79 Å². The normalized spacial score (nSPS) is 28.3. The van der Waals surface area contributed by atoms with Crippen molar-refractivity contribution in [3.05, 3.63) is 29.8 Å². The Morgan fingerprint density at radius 1 is 1.04 bits per heavy atom. The lowest BCUT2D eigenvalue weighted by atomic mass is 9.80. The molecule has 1 saturated carbocycles. The van der Waals surface area contributed by atoms with Crippen LogP contribution in [0.1, 0.15) is 50.0 Å². The number of carbonyl (C=O) groups excluding carboxylic acids is 1. The summed E-state index contributed by atoms with van der Waals surface area (Å²) in [4.78, 5) is 17.1. The second-order valence-electron chi connectivity index (χ2n) is 7.47. The fourth-order valence-corrected chi connectivity index (χ4v) is 4.28. The van der Waals surface area contributed by atoms with E-state index in [1.165, 1.54) is 37.7 Å². The Kier molecular flexibility index (Phi) is 4.02. The van der Waals surface area contributed by atoms with Gasteiger partial charge in [-0.2, -0.15) is 0 Å². The average Bonchev–Trinajstić information content (AvgIpc) is 2.72. The third-order valence-electron chi connectivity index (χ3n) is 6.17. The van der Waals surface area contributed by atoms with Crippen molar-refractivity contribution in [3.63, 3.8) is 0 Å². The van der Waals surface area contributed by atoms with E-state index in [1.807, 2.05) is 4.90 Å². The largest absolute Gasteiger partial charge is 0.323 e. The molecule has 2 amide bonds. The molecule has 4 rings (SSSR count). The highest BCUT2D eigenvalue weighted by Crippen LogP contribution is 2.36.